The topological polar surface area (TPSA) is 81.7 Å². The molecule has 0 aliphatic carbocycles. The van der Waals surface area contributed by atoms with Gasteiger partial charge in [-0.1, -0.05) is 18.2 Å². The number of hydrogen-bond donors (Lipinski definition) is 1. The van der Waals surface area contributed by atoms with E-state index in [1.54, 1.807) is 16.0 Å². The van der Waals surface area contributed by atoms with Crippen molar-refractivity contribution in [3.63, 3.8) is 0 Å². The van der Waals surface area contributed by atoms with Gasteiger partial charge in [0.1, 0.15) is 6.54 Å². The predicted molar refractivity (Wildman–Crippen MR) is 78.7 cm³/mol. The standard InChI is InChI=1S/C13H16N6OS/c1-2-5-14-7-10-8-19(18-15-10)9-12-16-17-13(20-12)11-4-3-6-21-11/h3-4,6,8,14H,2,5,7,9H2,1H3. The van der Waals surface area contributed by atoms with Crippen LogP contribution in [0.5, 0.6) is 0 Å². The highest BCUT2D eigenvalue weighted by molar-refractivity contribution is 7.13. The second-order valence-corrected chi connectivity index (χ2v) is 5.51. The highest BCUT2D eigenvalue weighted by atomic mass is 32.1. The van der Waals surface area contributed by atoms with Crippen LogP contribution in [-0.2, 0) is 13.1 Å². The Kier molecular flexibility index (Phi) is 4.37. The second kappa shape index (κ2) is 6.59. The van der Waals surface area contributed by atoms with Gasteiger partial charge in [0.05, 0.1) is 16.8 Å². The van der Waals surface area contributed by atoms with E-state index < -0.39 is 0 Å². The largest absolute Gasteiger partial charge is 0.418 e. The molecule has 0 spiro atoms. The molecule has 0 bridgehead atoms. The third-order valence-electron chi connectivity index (χ3n) is 2.82. The van der Waals surface area contributed by atoms with E-state index in [1.165, 1.54) is 0 Å². The SMILES string of the molecule is CCCNCc1cn(Cc2nnc(-c3cccs3)o2)nn1. The molecule has 0 aliphatic heterocycles. The lowest BCUT2D eigenvalue weighted by atomic mass is 10.4. The lowest BCUT2D eigenvalue weighted by molar-refractivity contribution is 0.470. The van der Waals surface area contributed by atoms with E-state index in [2.05, 4.69) is 32.7 Å². The minimum atomic E-state index is 0.430. The minimum absolute atomic E-state index is 0.430. The third kappa shape index (κ3) is 3.53. The summed E-state index contributed by atoms with van der Waals surface area (Å²) in [6, 6.07) is 3.91. The molecule has 0 aliphatic rings. The van der Waals surface area contributed by atoms with E-state index >= 15 is 0 Å². The molecule has 7 nitrogen and oxygen atoms in total. The number of aromatic nitrogens is 5. The molecule has 3 aromatic heterocycles. The summed E-state index contributed by atoms with van der Waals surface area (Å²) in [5.41, 5.74) is 0.904. The number of nitrogens with one attached hydrogen (secondary N) is 1. The van der Waals surface area contributed by atoms with E-state index in [-0.39, 0.29) is 0 Å². The van der Waals surface area contributed by atoms with Crippen molar-refractivity contribution in [1.82, 2.24) is 30.5 Å². The van der Waals surface area contributed by atoms with Crippen LogP contribution in [0.2, 0.25) is 0 Å². The summed E-state index contributed by atoms with van der Waals surface area (Å²) in [4.78, 5) is 0.969. The van der Waals surface area contributed by atoms with Crippen LogP contribution in [0.3, 0.4) is 0 Å². The maximum Gasteiger partial charge on any atom is 0.257 e. The van der Waals surface area contributed by atoms with Crippen LogP contribution in [0.25, 0.3) is 10.8 Å². The highest BCUT2D eigenvalue weighted by Gasteiger charge is 2.10. The quantitative estimate of drug-likeness (QED) is 0.672. The first-order valence-corrected chi connectivity index (χ1v) is 7.69. The van der Waals surface area contributed by atoms with Gasteiger partial charge in [-0.3, -0.25) is 0 Å². The summed E-state index contributed by atoms with van der Waals surface area (Å²) in [5.74, 6) is 1.07. The van der Waals surface area contributed by atoms with Gasteiger partial charge in [-0.25, -0.2) is 4.68 Å². The van der Waals surface area contributed by atoms with Crippen molar-refractivity contribution in [2.45, 2.75) is 26.4 Å². The van der Waals surface area contributed by atoms with Gasteiger partial charge in [-0.2, -0.15) is 0 Å². The Morgan fingerprint density at radius 2 is 2.29 bits per heavy atom. The monoisotopic (exact) mass is 304 g/mol. The molecule has 0 saturated carbocycles. The molecular formula is C13H16N6OS. The smallest absolute Gasteiger partial charge is 0.257 e. The fraction of sp³-hybridized carbons (Fsp3) is 0.385. The molecule has 0 fully saturated rings. The Bertz CT molecular complexity index is 674. The third-order valence-corrected chi connectivity index (χ3v) is 3.67. The number of hydrogen-bond acceptors (Lipinski definition) is 7. The Balaban J connectivity index is 1.61. The molecule has 1 N–H and O–H groups in total. The highest BCUT2D eigenvalue weighted by Crippen LogP contribution is 2.22. The van der Waals surface area contributed by atoms with Gasteiger partial charge in [0, 0.05) is 6.54 Å². The van der Waals surface area contributed by atoms with Crippen LogP contribution in [-0.4, -0.2) is 31.7 Å². The van der Waals surface area contributed by atoms with E-state index in [9.17, 15) is 0 Å². The first kappa shape index (κ1) is 13.9. The zero-order valence-electron chi connectivity index (χ0n) is 11.7. The van der Waals surface area contributed by atoms with Gasteiger partial charge in [0.15, 0.2) is 0 Å². The molecule has 3 heterocycles. The van der Waals surface area contributed by atoms with Crippen molar-refractivity contribution in [1.29, 1.82) is 0 Å². The number of thiophene rings is 1. The number of rotatable bonds is 7. The molecule has 0 atom stereocenters. The van der Waals surface area contributed by atoms with Crippen molar-refractivity contribution < 1.29 is 4.42 Å². The molecular weight excluding hydrogens is 288 g/mol. The Morgan fingerprint density at radius 3 is 3.10 bits per heavy atom. The van der Waals surface area contributed by atoms with E-state index in [0.717, 1.165) is 30.1 Å². The van der Waals surface area contributed by atoms with Gasteiger partial charge in [0.25, 0.3) is 5.89 Å². The fourth-order valence-electron chi connectivity index (χ4n) is 1.85. The number of nitrogens with zero attached hydrogens (tertiary/aromatic N) is 5. The zero-order chi connectivity index (χ0) is 14.5. The zero-order valence-corrected chi connectivity index (χ0v) is 12.5. The molecule has 0 unspecified atom stereocenters. The van der Waals surface area contributed by atoms with Crippen molar-refractivity contribution in [3.05, 3.63) is 35.3 Å². The molecule has 3 rings (SSSR count). The first-order chi connectivity index (χ1) is 10.3. The van der Waals surface area contributed by atoms with Crippen LogP contribution >= 0.6 is 11.3 Å². The van der Waals surface area contributed by atoms with Crippen LogP contribution in [0.1, 0.15) is 24.9 Å². The molecule has 0 saturated heterocycles. The second-order valence-electron chi connectivity index (χ2n) is 4.56. The molecule has 110 valence electrons. The van der Waals surface area contributed by atoms with Crippen LogP contribution in [0, 0.1) is 0 Å². The summed E-state index contributed by atoms with van der Waals surface area (Å²) >= 11 is 1.57. The summed E-state index contributed by atoms with van der Waals surface area (Å²) in [7, 11) is 0. The average molecular weight is 304 g/mol. The first-order valence-electron chi connectivity index (χ1n) is 6.81. The predicted octanol–water partition coefficient (Wildman–Crippen LogP) is 1.94. The molecule has 0 aromatic carbocycles. The van der Waals surface area contributed by atoms with E-state index in [1.807, 2.05) is 23.7 Å². The summed E-state index contributed by atoms with van der Waals surface area (Å²) in [6.07, 6.45) is 2.99. The van der Waals surface area contributed by atoms with Gasteiger partial charge in [-0.05, 0) is 24.4 Å². The van der Waals surface area contributed by atoms with Gasteiger partial charge >= 0.3 is 0 Å². The van der Waals surface area contributed by atoms with Gasteiger partial charge in [-0.15, -0.1) is 26.6 Å². The van der Waals surface area contributed by atoms with Gasteiger partial charge in [0.2, 0.25) is 5.89 Å². The molecule has 3 aromatic rings. The van der Waals surface area contributed by atoms with Crippen molar-refractivity contribution in [3.8, 4) is 10.8 Å². The minimum Gasteiger partial charge on any atom is -0.418 e. The van der Waals surface area contributed by atoms with Crippen molar-refractivity contribution >= 4 is 11.3 Å². The summed E-state index contributed by atoms with van der Waals surface area (Å²) in [5, 5.41) is 21.5. The molecule has 0 amide bonds. The van der Waals surface area contributed by atoms with Crippen LogP contribution < -0.4 is 5.32 Å². The molecule has 8 heteroatoms. The van der Waals surface area contributed by atoms with Gasteiger partial charge < -0.3 is 9.73 Å². The Morgan fingerprint density at radius 1 is 1.33 bits per heavy atom. The van der Waals surface area contributed by atoms with Crippen molar-refractivity contribution in [2.24, 2.45) is 0 Å². The Hall–Kier alpha value is -2.06. The average Bonchev–Trinajstić information content (AvgIpc) is 3.20. The van der Waals surface area contributed by atoms with E-state index in [0.29, 0.717) is 18.3 Å². The maximum absolute atomic E-state index is 5.62. The maximum atomic E-state index is 5.62. The molecule has 21 heavy (non-hydrogen) atoms. The fourth-order valence-corrected chi connectivity index (χ4v) is 2.49. The molecule has 0 radical (unpaired) electrons. The van der Waals surface area contributed by atoms with Crippen LogP contribution in [0.15, 0.2) is 28.1 Å². The van der Waals surface area contributed by atoms with Crippen LogP contribution in [0.4, 0.5) is 0 Å². The summed E-state index contributed by atoms with van der Waals surface area (Å²) in [6.45, 7) is 4.25. The normalized spacial score (nSPS) is 11.1. The lowest BCUT2D eigenvalue weighted by Gasteiger charge is -1.97. The lowest BCUT2D eigenvalue weighted by Crippen LogP contribution is -2.13. The summed E-state index contributed by atoms with van der Waals surface area (Å²) < 4.78 is 7.33. The van der Waals surface area contributed by atoms with E-state index in [4.69, 9.17) is 4.42 Å². The van der Waals surface area contributed by atoms with Crippen molar-refractivity contribution in [2.75, 3.05) is 6.54 Å². The Labute approximate surface area is 126 Å².